The fourth-order valence-electron chi connectivity index (χ4n) is 3.12. The van der Waals surface area contributed by atoms with Gasteiger partial charge in [0.2, 0.25) is 0 Å². The maximum atomic E-state index is 11.0. The van der Waals surface area contributed by atoms with Gasteiger partial charge >= 0.3 is 5.97 Å². The van der Waals surface area contributed by atoms with E-state index in [4.69, 9.17) is 9.84 Å². The van der Waals surface area contributed by atoms with Crippen molar-refractivity contribution in [3.05, 3.63) is 47.0 Å². The molecule has 1 aromatic heterocycles. The minimum atomic E-state index is -0.899. The monoisotopic (exact) mass is 330 g/mol. The fourth-order valence-corrected chi connectivity index (χ4v) is 3.12. The van der Waals surface area contributed by atoms with Gasteiger partial charge in [0.1, 0.15) is 6.61 Å². The van der Waals surface area contributed by atoms with E-state index in [2.05, 4.69) is 20.1 Å². The van der Waals surface area contributed by atoms with E-state index in [1.165, 1.54) is 0 Å². The van der Waals surface area contributed by atoms with Gasteiger partial charge in [-0.15, -0.1) is 0 Å². The largest absolute Gasteiger partial charge is 0.478 e. The molecular weight excluding hydrogens is 308 g/mol. The topological polar surface area (TPSA) is 91.3 Å². The van der Waals surface area contributed by atoms with Crippen LogP contribution < -0.4 is 0 Å². The second kappa shape index (κ2) is 7.55. The summed E-state index contributed by atoms with van der Waals surface area (Å²) in [5.74, 6) is 0.650. The molecule has 0 bridgehead atoms. The van der Waals surface area contributed by atoms with Crippen LogP contribution in [0.2, 0.25) is 0 Å². The van der Waals surface area contributed by atoms with Gasteiger partial charge in [-0.1, -0.05) is 18.6 Å². The Kier molecular flexibility index (Phi) is 5.22. The molecule has 1 aromatic carbocycles. The van der Waals surface area contributed by atoms with E-state index < -0.39 is 5.97 Å². The number of carboxylic acid groups (broad SMARTS) is 1. The molecule has 0 saturated carbocycles. The highest BCUT2D eigenvalue weighted by molar-refractivity contribution is 5.87. The number of likely N-dealkylation sites (tertiary alicyclic amines) is 1. The van der Waals surface area contributed by atoms with Crippen molar-refractivity contribution in [1.82, 2.24) is 20.1 Å². The molecule has 7 heteroatoms. The summed E-state index contributed by atoms with van der Waals surface area (Å²) < 4.78 is 5.09. The number of carbonyl (C=O) groups is 1. The quantitative estimate of drug-likeness (QED) is 0.845. The maximum absolute atomic E-state index is 11.0. The summed E-state index contributed by atoms with van der Waals surface area (Å²) in [6.07, 6.45) is 3.34. The summed E-state index contributed by atoms with van der Waals surface area (Å²) in [5.41, 5.74) is 1.41. The van der Waals surface area contributed by atoms with Gasteiger partial charge in [0, 0.05) is 13.7 Å². The van der Waals surface area contributed by atoms with Gasteiger partial charge in [0.25, 0.3) is 0 Å². The van der Waals surface area contributed by atoms with Crippen molar-refractivity contribution < 1.29 is 14.6 Å². The van der Waals surface area contributed by atoms with Crippen LogP contribution in [0.25, 0.3) is 0 Å². The van der Waals surface area contributed by atoms with Gasteiger partial charge in [0.15, 0.2) is 11.6 Å². The van der Waals surface area contributed by atoms with Crippen LogP contribution in [0, 0.1) is 0 Å². The Hall–Kier alpha value is -2.25. The average Bonchev–Trinajstić information content (AvgIpc) is 3.05. The number of aromatic carboxylic acids is 1. The zero-order chi connectivity index (χ0) is 16.9. The van der Waals surface area contributed by atoms with Crippen molar-refractivity contribution in [3.63, 3.8) is 0 Å². The normalized spacial score (nSPS) is 18.6. The van der Waals surface area contributed by atoms with Crippen molar-refractivity contribution in [2.45, 2.75) is 38.5 Å². The van der Waals surface area contributed by atoms with E-state index in [1.54, 1.807) is 19.2 Å². The van der Waals surface area contributed by atoms with Gasteiger partial charge in [-0.2, -0.15) is 5.10 Å². The Morgan fingerprint density at radius 1 is 1.38 bits per heavy atom. The molecule has 1 atom stereocenters. The summed E-state index contributed by atoms with van der Waals surface area (Å²) in [7, 11) is 1.63. The number of piperidine rings is 1. The summed E-state index contributed by atoms with van der Waals surface area (Å²) in [4.78, 5) is 17.9. The maximum Gasteiger partial charge on any atom is 0.335 e. The lowest BCUT2D eigenvalue weighted by Gasteiger charge is -2.34. The van der Waals surface area contributed by atoms with Crippen molar-refractivity contribution in [1.29, 1.82) is 0 Å². The lowest BCUT2D eigenvalue weighted by Crippen LogP contribution is -2.33. The molecule has 128 valence electrons. The predicted octanol–water partition coefficient (Wildman–Crippen LogP) is 2.38. The molecule has 24 heavy (non-hydrogen) atoms. The first-order chi connectivity index (χ1) is 11.7. The van der Waals surface area contributed by atoms with Crippen molar-refractivity contribution in [2.24, 2.45) is 0 Å². The number of ether oxygens (including phenoxy) is 1. The molecule has 0 radical (unpaired) electrons. The number of nitrogens with zero attached hydrogens (tertiary/aromatic N) is 3. The minimum absolute atomic E-state index is 0.180. The van der Waals surface area contributed by atoms with E-state index in [9.17, 15) is 4.79 Å². The Labute approximate surface area is 140 Å². The number of aromatic amines is 1. The van der Waals surface area contributed by atoms with Crippen molar-refractivity contribution in [2.75, 3.05) is 13.7 Å². The van der Waals surface area contributed by atoms with Crippen LogP contribution in [0.4, 0.5) is 0 Å². The van der Waals surface area contributed by atoms with Crippen molar-refractivity contribution >= 4 is 5.97 Å². The van der Waals surface area contributed by atoms with Crippen LogP contribution in [0.5, 0.6) is 0 Å². The number of hydrogen-bond acceptors (Lipinski definition) is 5. The molecule has 1 saturated heterocycles. The zero-order valence-corrected chi connectivity index (χ0v) is 13.7. The minimum Gasteiger partial charge on any atom is -0.478 e. The summed E-state index contributed by atoms with van der Waals surface area (Å²) >= 11 is 0. The molecule has 1 aliphatic rings. The number of H-pyrrole nitrogens is 1. The standard InChI is InChI=1S/C17H22N4O3/c1-24-11-15-18-16(20-19-15)14-4-2-3-9-21(14)10-12-5-7-13(8-6-12)17(22)23/h5-8,14H,2-4,9-11H2,1H3,(H,22,23)(H,18,19,20). The second-order valence-electron chi connectivity index (χ2n) is 6.06. The highest BCUT2D eigenvalue weighted by Crippen LogP contribution is 2.30. The Morgan fingerprint density at radius 3 is 2.88 bits per heavy atom. The van der Waals surface area contributed by atoms with Gasteiger partial charge in [-0.05, 0) is 37.1 Å². The van der Waals surface area contributed by atoms with Gasteiger partial charge in [0.05, 0.1) is 11.6 Å². The molecule has 0 spiro atoms. The first kappa shape index (κ1) is 16.6. The zero-order valence-electron chi connectivity index (χ0n) is 13.7. The van der Waals surface area contributed by atoms with Crippen LogP contribution in [0.3, 0.4) is 0 Å². The van der Waals surface area contributed by atoms with E-state index in [0.29, 0.717) is 12.2 Å². The number of methoxy groups -OCH3 is 1. The van der Waals surface area contributed by atoms with E-state index in [-0.39, 0.29) is 6.04 Å². The lowest BCUT2D eigenvalue weighted by molar-refractivity contribution is 0.0697. The highest BCUT2D eigenvalue weighted by Gasteiger charge is 2.27. The average molecular weight is 330 g/mol. The third kappa shape index (κ3) is 3.80. The summed E-state index contributed by atoms with van der Waals surface area (Å²) in [6.45, 7) is 2.18. The SMILES string of the molecule is COCc1nc(C2CCCCN2Cc2ccc(C(=O)O)cc2)n[nH]1. The number of aromatic nitrogens is 3. The second-order valence-corrected chi connectivity index (χ2v) is 6.06. The Balaban J connectivity index is 1.72. The number of nitrogens with one attached hydrogen (secondary N) is 1. The van der Waals surface area contributed by atoms with E-state index in [0.717, 1.165) is 49.6 Å². The Morgan fingerprint density at radius 2 is 2.17 bits per heavy atom. The third-order valence-corrected chi connectivity index (χ3v) is 4.33. The van der Waals surface area contributed by atoms with Crippen molar-refractivity contribution in [3.8, 4) is 0 Å². The van der Waals surface area contributed by atoms with E-state index >= 15 is 0 Å². The molecule has 1 unspecified atom stereocenters. The number of carboxylic acids is 1. The molecule has 7 nitrogen and oxygen atoms in total. The van der Waals surface area contributed by atoms with Crippen LogP contribution in [0.1, 0.15) is 52.9 Å². The molecule has 0 amide bonds. The molecule has 1 aliphatic heterocycles. The molecule has 3 rings (SSSR count). The van der Waals surface area contributed by atoms with Crippen LogP contribution in [-0.2, 0) is 17.9 Å². The first-order valence-corrected chi connectivity index (χ1v) is 8.14. The van der Waals surface area contributed by atoms with Gasteiger partial charge in [-0.25, -0.2) is 9.78 Å². The van der Waals surface area contributed by atoms with Gasteiger partial charge in [-0.3, -0.25) is 10.00 Å². The number of benzene rings is 1. The number of hydrogen-bond donors (Lipinski definition) is 2. The molecule has 0 aliphatic carbocycles. The first-order valence-electron chi connectivity index (χ1n) is 8.14. The van der Waals surface area contributed by atoms with E-state index in [1.807, 2.05) is 12.1 Å². The van der Waals surface area contributed by atoms with Crippen LogP contribution in [-0.4, -0.2) is 44.8 Å². The smallest absolute Gasteiger partial charge is 0.335 e. The molecular formula is C17H22N4O3. The number of rotatable bonds is 6. The molecule has 2 heterocycles. The lowest BCUT2D eigenvalue weighted by atomic mass is 10.0. The molecule has 2 aromatic rings. The molecule has 1 fully saturated rings. The highest BCUT2D eigenvalue weighted by atomic mass is 16.5. The van der Waals surface area contributed by atoms with Crippen LogP contribution >= 0.6 is 0 Å². The summed E-state index contributed by atoms with van der Waals surface area (Å²) in [6, 6.07) is 7.24. The molecule has 2 N–H and O–H groups in total. The Bertz CT molecular complexity index is 683. The third-order valence-electron chi connectivity index (χ3n) is 4.33. The van der Waals surface area contributed by atoms with Gasteiger partial charge < -0.3 is 9.84 Å². The fraction of sp³-hybridized carbons (Fsp3) is 0.471. The summed E-state index contributed by atoms with van der Waals surface area (Å²) in [5, 5.41) is 16.3. The van der Waals surface area contributed by atoms with Crippen LogP contribution in [0.15, 0.2) is 24.3 Å². The predicted molar refractivity (Wildman–Crippen MR) is 87.5 cm³/mol.